The van der Waals surface area contributed by atoms with Crippen molar-refractivity contribution in [1.82, 2.24) is 14.5 Å². The number of nitrogens with zero attached hydrogens (tertiary/aromatic N) is 3. The number of ether oxygens (including phenoxy) is 1. The lowest BCUT2D eigenvalue weighted by molar-refractivity contribution is -0.121. The lowest BCUT2D eigenvalue weighted by Gasteiger charge is -2.31. The van der Waals surface area contributed by atoms with Crippen LogP contribution in [0.1, 0.15) is 53.2 Å². The molecule has 0 radical (unpaired) electrons. The number of aromatic nitrogens is 2. The largest absolute Gasteiger partial charge is 0.365 e. The number of imidazole rings is 1. The van der Waals surface area contributed by atoms with Gasteiger partial charge < -0.3 is 19.5 Å². The van der Waals surface area contributed by atoms with E-state index < -0.39 is 0 Å². The molecule has 1 fully saturated rings. The number of aryl methyl sites for hydroxylation is 1. The van der Waals surface area contributed by atoms with Crippen molar-refractivity contribution in [1.29, 1.82) is 0 Å². The number of carbonyl (C=O) groups is 2. The summed E-state index contributed by atoms with van der Waals surface area (Å²) in [6.45, 7) is 3.90. The van der Waals surface area contributed by atoms with Crippen molar-refractivity contribution in [2.45, 2.75) is 45.4 Å². The molecule has 1 N–H and O–H groups in total. The first-order valence-electron chi connectivity index (χ1n) is 12.1. The summed E-state index contributed by atoms with van der Waals surface area (Å²) in [6, 6.07) is 14.2. The van der Waals surface area contributed by atoms with Crippen molar-refractivity contribution < 1.29 is 18.7 Å². The summed E-state index contributed by atoms with van der Waals surface area (Å²) < 4.78 is 21.2. The van der Waals surface area contributed by atoms with Crippen LogP contribution in [0.15, 0.2) is 54.9 Å². The topological polar surface area (TPSA) is 76.5 Å². The van der Waals surface area contributed by atoms with Gasteiger partial charge in [-0.1, -0.05) is 31.2 Å². The van der Waals surface area contributed by atoms with E-state index in [1.54, 1.807) is 23.4 Å². The van der Waals surface area contributed by atoms with Gasteiger partial charge in [-0.2, -0.15) is 0 Å². The smallest absolute Gasteiger partial charge is 0.274 e. The van der Waals surface area contributed by atoms with E-state index >= 15 is 0 Å². The molecule has 0 aliphatic carbocycles. The standard InChI is InChI=1S/C27H29FN4O3/c1-2-18-3-9-22(10-4-18)30-26(33)20-11-13-31(14-12-20)27(34)25-23-16-35-24(15-32(23)17-29-25)19-5-7-21(28)8-6-19/h3-10,17,20,24H,2,11-16H2,1H3,(H,30,33). The number of fused-ring (bicyclic) bond motifs is 1. The van der Waals surface area contributed by atoms with Gasteiger partial charge >= 0.3 is 0 Å². The predicted molar refractivity (Wildman–Crippen MR) is 129 cm³/mol. The third-order valence-corrected chi connectivity index (χ3v) is 6.96. The van der Waals surface area contributed by atoms with Gasteiger partial charge in [-0.15, -0.1) is 0 Å². The SMILES string of the molecule is CCc1ccc(NC(=O)C2CCN(C(=O)c3ncn4c3COC(c3ccc(F)cc3)C4)CC2)cc1. The molecule has 0 spiro atoms. The molecule has 0 saturated carbocycles. The van der Waals surface area contributed by atoms with Gasteiger partial charge in [-0.25, -0.2) is 9.37 Å². The summed E-state index contributed by atoms with van der Waals surface area (Å²) in [6.07, 6.45) is 3.65. The van der Waals surface area contributed by atoms with Crippen molar-refractivity contribution in [2.75, 3.05) is 18.4 Å². The number of hydrogen-bond acceptors (Lipinski definition) is 4. The average molecular weight is 477 g/mol. The van der Waals surface area contributed by atoms with Crippen LogP contribution >= 0.6 is 0 Å². The molecule has 35 heavy (non-hydrogen) atoms. The van der Waals surface area contributed by atoms with Crippen molar-refractivity contribution >= 4 is 17.5 Å². The first kappa shape index (κ1) is 23.2. The molecule has 1 unspecified atom stereocenters. The lowest BCUT2D eigenvalue weighted by Crippen LogP contribution is -2.42. The molecule has 0 bridgehead atoms. The summed E-state index contributed by atoms with van der Waals surface area (Å²) in [7, 11) is 0. The highest BCUT2D eigenvalue weighted by Gasteiger charge is 2.32. The maximum absolute atomic E-state index is 13.2. The van der Waals surface area contributed by atoms with Crippen molar-refractivity contribution in [3.63, 3.8) is 0 Å². The van der Waals surface area contributed by atoms with Gasteiger partial charge in [0.25, 0.3) is 5.91 Å². The zero-order chi connectivity index (χ0) is 24.4. The van der Waals surface area contributed by atoms with Gasteiger partial charge in [0.1, 0.15) is 11.9 Å². The Kier molecular flexibility index (Phi) is 6.63. The molecule has 2 amide bonds. The third-order valence-electron chi connectivity index (χ3n) is 6.96. The summed E-state index contributed by atoms with van der Waals surface area (Å²) in [4.78, 5) is 32.1. The first-order chi connectivity index (χ1) is 17.0. The van der Waals surface area contributed by atoms with Gasteiger partial charge in [0.2, 0.25) is 5.91 Å². The highest BCUT2D eigenvalue weighted by atomic mass is 19.1. The number of hydrogen-bond donors (Lipinski definition) is 1. The van der Waals surface area contributed by atoms with Crippen LogP contribution in [-0.4, -0.2) is 39.4 Å². The molecule has 3 aromatic rings. The average Bonchev–Trinajstić information content (AvgIpc) is 3.32. The van der Waals surface area contributed by atoms with Gasteiger partial charge in [0.05, 0.1) is 25.2 Å². The van der Waals surface area contributed by atoms with Gasteiger partial charge in [0.15, 0.2) is 5.69 Å². The summed E-state index contributed by atoms with van der Waals surface area (Å²) in [5, 5.41) is 3.00. The second kappa shape index (κ2) is 10.00. The second-order valence-corrected chi connectivity index (χ2v) is 9.15. The quantitative estimate of drug-likeness (QED) is 0.594. The number of nitrogens with one attached hydrogen (secondary N) is 1. The Balaban J connectivity index is 1.17. The molecule has 2 aromatic carbocycles. The normalized spacial score (nSPS) is 18.2. The van der Waals surface area contributed by atoms with E-state index in [2.05, 4.69) is 17.2 Å². The molecular weight excluding hydrogens is 447 g/mol. The van der Waals surface area contributed by atoms with E-state index in [0.717, 1.165) is 23.4 Å². The van der Waals surface area contributed by atoms with Gasteiger partial charge in [0, 0.05) is 24.7 Å². The first-order valence-corrected chi connectivity index (χ1v) is 12.1. The molecule has 182 valence electrons. The van der Waals surface area contributed by atoms with Crippen molar-refractivity contribution in [3.8, 4) is 0 Å². The van der Waals surface area contributed by atoms with Crippen molar-refractivity contribution in [3.05, 3.63) is 83.2 Å². The Morgan fingerprint density at radius 3 is 2.49 bits per heavy atom. The summed E-state index contributed by atoms with van der Waals surface area (Å²) in [5.74, 6) is -0.536. The van der Waals surface area contributed by atoms with Gasteiger partial charge in [-0.3, -0.25) is 9.59 Å². The Bertz CT molecular complexity index is 1200. The van der Waals surface area contributed by atoms with E-state index in [1.807, 2.05) is 28.8 Å². The minimum Gasteiger partial charge on any atom is -0.365 e. The fourth-order valence-electron chi connectivity index (χ4n) is 4.75. The third kappa shape index (κ3) is 4.98. The van der Waals surface area contributed by atoms with E-state index in [0.29, 0.717) is 38.2 Å². The number of halogens is 1. The molecule has 8 heteroatoms. The van der Waals surface area contributed by atoms with E-state index in [9.17, 15) is 14.0 Å². The maximum Gasteiger partial charge on any atom is 0.274 e. The fraction of sp³-hybridized carbons (Fsp3) is 0.370. The number of benzene rings is 2. The minimum absolute atomic E-state index is 0.000883. The van der Waals surface area contributed by atoms with E-state index in [1.165, 1.54) is 17.7 Å². The highest BCUT2D eigenvalue weighted by Crippen LogP contribution is 2.29. The molecule has 1 saturated heterocycles. The molecule has 2 aliphatic heterocycles. The minimum atomic E-state index is -0.285. The van der Waals surface area contributed by atoms with Crippen molar-refractivity contribution in [2.24, 2.45) is 5.92 Å². The molecule has 2 aliphatic rings. The fourth-order valence-corrected chi connectivity index (χ4v) is 4.75. The van der Waals surface area contributed by atoms with Crippen LogP contribution in [0.3, 0.4) is 0 Å². The number of anilines is 1. The number of likely N-dealkylation sites (tertiary alicyclic amines) is 1. The van der Waals surface area contributed by atoms with Crippen LogP contribution in [0.4, 0.5) is 10.1 Å². The van der Waals surface area contributed by atoms with Crippen LogP contribution in [0.2, 0.25) is 0 Å². The molecule has 5 rings (SSSR count). The maximum atomic E-state index is 13.2. The second-order valence-electron chi connectivity index (χ2n) is 9.15. The zero-order valence-corrected chi connectivity index (χ0v) is 19.7. The number of piperidine rings is 1. The number of amides is 2. The highest BCUT2D eigenvalue weighted by molar-refractivity contribution is 5.95. The Morgan fingerprint density at radius 1 is 1.09 bits per heavy atom. The molecule has 1 aromatic heterocycles. The van der Waals surface area contributed by atoms with Crippen LogP contribution in [0, 0.1) is 11.7 Å². The Morgan fingerprint density at radius 2 is 1.80 bits per heavy atom. The Hall–Kier alpha value is -3.52. The van der Waals surface area contributed by atoms with Gasteiger partial charge in [-0.05, 0) is 54.7 Å². The number of rotatable bonds is 5. The van der Waals surface area contributed by atoms with Crippen LogP contribution in [0.25, 0.3) is 0 Å². The lowest BCUT2D eigenvalue weighted by atomic mass is 9.95. The molecular formula is C27H29FN4O3. The summed E-state index contributed by atoms with van der Waals surface area (Å²) in [5.41, 5.74) is 4.08. The van der Waals surface area contributed by atoms with Crippen LogP contribution in [0.5, 0.6) is 0 Å². The predicted octanol–water partition coefficient (Wildman–Crippen LogP) is 4.35. The molecule has 3 heterocycles. The Labute approximate surface area is 203 Å². The van der Waals surface area contributed by atoms with Crippen LogP contribution < -0.4 is 5.32 Å². The molecule has 1 atom stereocenters. The van der Waals surface area contributed by atoms with E-state index in [4.69, 9.17) is 4.74 Å². The molecule has 7 nitrogen and oxygen atoms in total. The zero-order valence-electron chi connectivity index (χ0n) is 19.7. The monoisotopic (exact) mass is 476 g/mol. The number of carbonyl (C=O) groups excluding carboxylic acids is 2. The summed E-state index contributed by atoms with van der Waals surface area (Å²) >= 11 is 0. The van der Waals surface area contributed by atoms with E-state index in [-0.39, 0.29) is 36.3 Å². The van der Waals surface area contributed by atoms with Crippen LogP contribution in [-0.2, 0) is 29.1 Å².